The second kappa shape index (κ2) is 12.3. The number of nitrogens with one attached hydrogen (secondary N) is 2. The monoisotopic (exact) mass is 443 g/mol. The van der Waals surface area contributed by atoms with Crippen LogP contribution in [-0.4, -0.2) is 88.5 Å². The van der Waals surface area contributed by atoms with E-state index >= 15 is 0 Å². The van der Waals surface area contributed by atoms with Gasteiger partial charge in [-0.1, -0.05) is 0 Å². The third kappa shape index (κ3) is 8.46. The molecular formula is C17H29N7O7. The lowest BCUT2D eigenvalue weighted by Gasteiger charge is -2.29. The van der Waals surface area contributed by atoms with E-state index in [1.807, 2.05) is 0 Å². The number of carbonyl (C=O) groups excluding carboxylic acids is 3. The number of hydrogen-bond acceptors (Lipinski definition) is 7. The highest BCUT2D eigenvalue weighted by atomic mass is 16.4. The Hall–Kier alpha value is -3.42. The van der Waals surface area contributed by atoms with Crippen molar-refractivity contribution < 1.29 is 34.2 Å². The molecule has 0 bridgehead atoms. The zero-order chi connectivity index (χ0) is 23.6. The largest absolute Gasteiger partial charge is 0.481 e. The van der Waals surface area contributed by atoms with Gasteiger partial charge in [0.1, 0.15) is 18.1 Å². The third-order valence-electron chi connectivity index (χ3n) is 4.60. The van der Waals surface area contributed by atoms with Crippen LogP contribution in [0, 0.1) is 0 Å². The molecule has 1 rings (SSSR count). The highest BCUT2D eigenvalue weighted by Gasteiger charge is 2.39. The summed E-state index contributed by atoms with van der Waals surface area (Å²) in [6.07, 6.45) is 0.401. The van der Waals surface area contributed by atoms with E-state index in [0.717, 1.165) is 4.90 Å². The third-order valence-corrected chi connectivity index (χ3v) is 4.60. The van der Waals surface area contributed by atoms with Crippen LogP contribution in [0.2, 0.25) is 0 Å². The van der Waals surface area contributed by atoms with Crippen molar-refractivity contribution >= 4 is 35.6 Å². The molecule has 14 nitrogen and oxygen atoms in total. The van der Waals surface area contributed by atoms with Crippen LogP contribution in [0.25, 0.3) is 0 Å². The number of aliphatic imine (C=N–C) groups is 1. The van der Waals surface area contributed by atoms with Crippen LogP contribution in [0.15, 0.2) is 4.99 Å². The van der Waals surface area contributed by atoms with Gasteiger partial charge in [-0.3, -0.25) is 24.2 Å². The molecule has 1 saturated heterocycles. The summed E-state index contributed by atoms with van der Waals surface area (Å²) in [6.45, 7) is -0.0883. The maximum Gasteiger partial charge on any atom is 0.326 e. The van der Waals surface area contributed by atoms with Gasteiger partial charge in [-0.05, 0) is 25.7 Å². The summed E-state index contributed by atoms with van der Waals surface area (Å²) in [5, 5.41) is 23.0. The summed E-state index contributed by atoms with van der Waals surface area (Å²) in [6, 6.07) is -3.60. The van der Waals surface area contributed by atoms with E-state index < -0.39 is 60.8 Å². The first-order valence-electron chi connectivity index (χ1n) is 9.67. The van der Waals surface area contributed by atoms with Gasteiger partial charge in [0.15, 0.2) is 5.96 Å². The number of nitrogens with two attached hydrogens (primary N) is 3. The number of carboxylic acids is 2. The molecule has 0 radical (unpaired) electrons. The molecule has 1 aliphatic heterocycles. The Morgan fingerprint density at radius 3 is 2.32 bits per heavy atom. The van der Waals surface area contributed by atoms with Gasteiger partial charge >= 0.3 is 11.9 Å². The molecule has 0 spiro atoms. The van der Waals surface area contributed by atoms with Gasteiger partial charge in [-0.15, -0.1) is 0 Å². The minimum atomic E-state index is -1.39. The van der Waals surface area contributed by atoms with Crippen LogP contribution in [0.5, 0.6) is 0 Å². The van der Waals surface area contributed by atoms with Gasteiger partial charge in [0.25, 0.3) is 0 Å². The van der Waals surface area contributed by atoms with E-state index in [1.165, 1.54) is 0 Å². The van der Waals surface area contributed by atoms with Gasteiger partial charge in [0.05, 0.1) is 13.0 Å². The van der Waals surface area contributed by atoms with Gasteiger partial charge in [-0.2, -0.15) is 0 Å². The second-order valence-corrected chi connectivity index (χ2v) is 6.96. The first-order valence-corrected chi connectivity index (χ1v) is 9.67. The minimum absolute atomic E-state index is 0.0622. The average molecular weight is 443 g/mol. The molecule has 3 unspecified atom stereocenters. The number of aliphatic carboxylic acids is 2. The van der Waals surface area contributed by atoms with E-state index in [0.29, 0.717) is 12.8 Å². The van der Waals surface area contributed by atoms with Crippen LogP contribution in [0.4, 0.5) is 0 Å². The molecular weight excluding hydrogens is 414 g/mol. The number of likely N-dealkylation sites (tertiary alicyclic amines) is 1. The Bertz CT molecular complexity index is 724. The predicted octanol–water partition coefficient (Wildman–Crippen LogP) is -3.48. The van der Waals surface area contributed by atoms with Crippen LogP contribution in [0.3, 0.4) is 0 Å². The fourth-order valence-corrected chi connectivity index (χ4v) is 3.16. The smallest absolute Gasteiger partial charge is 0.326 e. The van der Waals surface area contributed by atoms with E-state index in [9.17, 15) is 29.1 Å². The predicted molar refractivity (Wildman–Crippen MR) is 107 cm³/mol. The summed E-state index contributed by atoms with van der Waals surface area (Å²) in [5.74, 6) is -4.85. The maximum atomic E-state index is 12.8. The number of nitrogens with zero attached hydrogens (tertiary/aromatic N) is 2. The van der Waals surface area contributed by atoms with Crippen molar-refractivity contribution in [1.29, 1.82) is 0 Å². The van der Waals surface area contributed by atoms with E-state index in [-0.39, 0.29) is 31.9 Å². The highest BCUT2D eigenvalue weighted by Crippen LogP contribution is 2.20. The van der Waals surface area contributed by atoms with Gasteiger partial charge < -0.3 is 42.9 Å². The van der Waals surface area contributed by atoms with Crippen molar-refractivity contribution in [3.63, 3.8) is 0 Å². The van der Waals surface area contributed by atoms with Crippen molar-refractivity contribution in [1.82, 2.24) is 15.5 Å². The molecule has 3 amide bonds. The first kappa shape index (κ1) is 25.6. The lowest BCUT2D eigenvalue weighted by Crippen LogP contribution is -2.56. The van der Waals surface area contributed by atoms with E-state index in [1.54, 1.807) is 0 Å². The maximum absolute atomic E-state index is 12.8. The average Bonchev–Trinajstić information content (AvgIpc) is 3.18. The Kier molecular flexibility index (Phi) is 10.2. The molecule has 174 valence electrons. The fourth-order valence-electron chi connectivity index (χ4n) is 3.16. The Balaban J connectivity index is 2.84. The zero-order valence-corrected chi connectivity index (χ0v) is 17.0. The van der Waals surface area contributed by atoms with Crippen LogP contribution >= 0.6 is 0 Å². The zero-order valence-electron chi connectivity index (χ0n) is 17.0. The Morgan fingerprint density at radius 2 is 1.77 bits per heavy atom. The summed E-state index contributed by atoms with van der Waals surface area (Å²) in [4.78, 5) is 64.5. The molecule has 14 heteroatoms. The Labute approximate surface area is 178 Å². The number of carbonyl (C=O) groups is 5. The summed E-state index contributed by atoms with van der Waals surface area (Å²) >= 11 is 0. The van der Waals surface area contributed by atoms with Crippen molar-refractivity contribution in [2.75, 3.05) is 19.6 Å². The number of rotatable bonds is 12. The standard InChI is InChI=1S/C17H29N7O7/c18-8-12(25)22-10(7-13(26)27)15(29)24-6-2-4-11(24)14(28)23-9(16(30)31)3-1-5-21-17(19)20/h9-11H,1-8,18H2,(H,22,25)(H,23,28)(H,26,27)(H,30,31)(H4,19,20,21). The highest BCUT2D eigenvalue weighted by molar-refractivity contribution is 5.95. The van der Waals surface area contributed by atoms with Crippen molar-refractivity contribution in [3.05, 3.63) is 0 Å². The first-order chi connectivity index (χ1) is 14.6. The molecule has 0 aromatic rings. The van der Waals surface area contributed by atoms with Crippen molar-refractivity contribution in [2.45, 2.75) is 50.2 Å². The van der Waals surface area contributed by atoms with Crippen molar-refractivity contribution in [3.8, 4) is 0 Å². The van der Waals surface area contributed by atoms with Crippen LogP contribution in [0.1, 0.15) is 32.1 Å². The quantitative estimate of drug-likeness (QED) is 0.0891. The van der Waals surface area contributed by atoms with Gasteiger partial charge in [0, 0.05) is 13.1 Å². The molecule has 0 aliphatic carbocycles. The van der Waals surface area contributed by atoms with E-state index in [2.05, 4.69) is 15.6 Å². The molecule has 1 heterocycles. The number of carboxylic acid groups (broad SMARTS) is 2. The number of amides is 3. The topological polar surface area (TPSA) is 244 Å². The molecule has 1 fully saturated rings. The minimum Gasteiger partial charge on any atom is -0.481 e. The van der Waals surface area contributed by atoms with Crippen LogP contribution < -0.4 is 27.8 Å². The molecule has 31 heavy (non-hydrogen) atoms. The Morgan fingerprint density at radius 1 is 1.10 bits per heavy atom. The van der Waals surface area contributed by atoms with Crippen LogP contribution in [-0.2, 0) is 24.0 Å². The fraction of sp³-hybridized carbons (Fsp3) is 0.647. The number of guanidine groups is 1. The molecule has 0 aromatic heterocycles. The molecule has 1 aliphatic rings. The van der Waals surface area contributed by atoms with Gasteiger partial charge in [0.2, 0.25) is 17.7 Å². The normalized spacial score (nSPS) is 17.3. The molecule has 0 aromatic carbocycles. The summed E-state index contributed by atoms with van der Waals surface area (Å²) in [7, 11) is 0. The second-order valence-electron chi connectivity index (χ2n) is 6.96. The van der Waals surface area contributed by atoms with E-state index in [4.69, 9.17) is 22.3 Å². The summed E-state index contributed by atoms with van der Waals surface area (Å²) in [5.41, 5.74) is 15.6. The van der Waals surface area contributed by atoms with Crippen molar-refractivity contribution in [2.24, 2.45) is 22.2 Å². The number of hydrogen-bond donors (Lipinski definition) is 7. The lowest BCUT2D eigenvalue weighted by atomic mass is 10.1. The van der Waals surface area contributed by atoms with Gasteiger partial charge in [-0.25, -0.2) is 4.79 Å². The molecule has 3 atom stereocenters. The molecule has 10 N–H and O–H groups in total. The lowest BCUT2D eigenvalue weighted by molar-refractivity contribution is -0.147. The summed E-state index contributed by atoms with van der Waals surface area (Å²) < 4.78 is 0. The molecule has 0 saturated carbocycles. The SMILES string of the molecule is NCC(=O)NC(CC(=O)O)C(=O)N1CCCC1C(=O)NC(CCCN=C(N)N)C(=O)O.